The van der Waals surface area contributed by atoms with E-state index < -0.39 is 0 Å². The number of piperidine rings is 1. The van der Waals surface area contributed by atoms with Gasteiger partial charge in [-0.2, -0.15) is 15.0 Å². The molecule has 1 N–H and O–H groups in total. The van der Waals surface area contributed by atoms with Gasteiger partial charge in [-0.25, -0.2) is 4.98 Å². The molecule has 0 unspecified atom stereocenters. The summed E-state index contributed by atoms with van der Waals surface area (Å²) in [5, 5.41) is 11.8. The van der Waals surface area contributed by atoms with Gasteiger partial charge in [0.25, 0.3) is 0 Å². The van der Waals surface area contributed by atoms with Crippen molar-refractivity contribution in [2.45, 2.75) is 31.8 Å². The van der Waals surface area contributed by atoms with Crippen LogP contribution in [0.5, 0.6) is 0 Å². The van der Waals surface area contributed by atoms with E-state index >= 15 is 0 Å². The molecular formula is C15H19ClN6O. The average molecular weight is 335 g/mol. The van der Waals surface area contributed by atoms with Crippen LogP contribution in [-0.2, 0) is 4.79 Å². The van der Waals surface area contributed by atoms with Gasteiger partial charge in [0.05, 0.1) is 29.5 Å². The van der Waals surface area contributed by atoms with Gasteiger partial charge in [-0.1, -0.05) is 11.6 Å². The van der Waals surface area contributed by atoms with E-state index in [9.17, 15) is 4.79 Å². The molecule has 122 valence electrons. The largest absolute Gasteiger partial charge is 0.309 e. The molecular weight excluding hydrogens is 316 g/mol. The van der Waals surface area contributed by atoms with Crippen molar-refractivity contribution >= 4 is 23.3 Å². The van der Waals surface area contributed by atoms with Gasteiger partial charge in [-0.05, 0) is 38.4 Å². The van der Waals surface area contributed by atoms with Crippen LogP contribution >= 0.6 is 11.6 Å². The van der Waals surface area contributed by atoms with E-state index in [0.29, 0.717) is 10.8 Å². The van der Waals surface area contributed by atoms with E-state index in [2.05, 4.69) is 25.4 Å². The van der Waals surface area contributed by atoms with Crippen LogP contribution < -0.4 is 5.32 Å². The maximum Gasteiger partial charge on any atom is 0.242 e. The summed E-state index contributed by atoms with van der Waals surface area (Å²) in [5.41, 5.74) is 0. The van der Waals surface area contributed by atoms with Crippen LogP contribution in [0.4, 0.5) is 5.82 Å². The zero-order valence-electron chi connectivity index (χ0n) is 12.9. The number of aromatic nitrogens is 4. The van der Waals surface area contributed by atoms with E-state index in [4.69, 9.17) is 11.6 Å². The second-order valence-corrected chi connectivity index (χ2v) is 6.10. The van der Waals surface area contributed by atoms with Crippen LogP contribution in [0.3, 0.4) is 0 Å². The number of rotatable bonds is 4. The molecule has 2 aromatic heterocycles. The van der Waals surface area contributed by atoms with Crippen LogP contribution in [-0.4, -0.2) is 49.9 Å². The third-order valence-corrected chi connectivity index (χ3v) is 4.32. The standard InChI is InChI=1S/C15H19ClN6O/c1-11(15(23)20-14-5-4-12(16)9-17-14)21-8-2-3-13(10-21)22-18-6-7-19-22/h4-7,9,11,13H,2-3,8,10H2,1H3,(H,17,20,23)/t11-,13+/m0/s1. The Hall–Kier alpha value is -1.99. The third kappa shape index (κ3) is 3.86. The third-order valence-electron chi connectivity index (χ3n) is 4.10. The van der Waals surface area contributed by atoms with Gasteiger partial charge in [0, 0.05) is 12.7 Å². The molecule has 0 bridgehead atoms. The second kappa shape index (κ2) is 7.06. The summed E-state index contributed by atoms with van der Waals surface area (Å²) in [6.07, 6.45) is 6.92. The first kappa shape index (κ1) is 15.9. The van der Waals surface area contributed by atoms with Crippen LogP contribution in [0.25, 0.3) is 0 Å². The number of nitrogens with one attached hydrogen (secondary N) is 1. The maximum absolute atomic E-state index is 12.4. The highest BCUT2D eigenvalue weighted by atomic mass is 35.5. The zero-order valence-corrected chi connectivity index (χ0v) is 13.6. The van der Waals surface area contributed by atoms with Gasteiger partial charge in [-0.15, -0.1) is 0 Å². The quantitative estimate of drug-likeness (QED) is 0.925. The lowest BCUT2D eigenvalue weighted by molar-refractivity contribution is -0.121. The molecule has 2 aromatic rings. The van der Waals surface area contributed by atoms with E-state index in [1.807, 2.05) is 6.92 Å². The molecule has 23 heavy (non-hydrogen) atoms. The summed E-state index contributed by atoms with van der Waals surface area (Å²) in [4.78, 5) is 20.4. The number of amides is 1. The van der Waals surface area contributed by atoms with Crippen molar-refractivity contribution in [3.63, 3.8) is 0 Å². The van der Waals surface area contributed by atoms with Crippen LogP contribution in [0.2, 0.25) is 5.02 Å². The first-order valence-electron chi connectivity index (χ1n) is 7.66. The molecule has 0 spiro atoms. The van der Waals surface area contributed by atoms with Crippen molar-refractivity contribution in [2.24, 2.45) is 0 Å². The molecule has 3 heterocycles. The summed E-state index contributed by atoms with van der Waals surface area (Å²) >= 11 is 5.80. The maximum atomic E-state index is 12.4. The van der Waals surface area contributed by atoms with Gasteiger partial charge < -0.3 is 5.32 Å². The van der Waals surface area contributed by atoms with E-state index in [0.717, 1.165) is 25.9 Å². The summed E-state index contributed by atoms with van der Waals surface area (Å²) < 4.78 is 0. The molecule has 0 saturated carbocycles. The molecule has 1 aliphatic rings. The average Bonchev–Trinajstić information content (AvgIpc) is 3.11. The predicted octanol–water partition coefficient (Wildman–Crippen LogP) is 1.99. The minimum Gasteiger partial charge on any atom is -0.309 e. The highest BCUT2D eigenvalue weighted by Gasteiger charge is 2.29. The van der Waals surface area contributed by atoms with Crippen molar-refractivity contribution in [2.75, 3.05) is 18.4 Å². The molecule has 1 fully saturated rings. The normalized spacial score (nSPS) is 20.2. The highest BCUT2D eigenvalue weighted by molar-refractivity contribution is 6.30. The van der Waals surface area contributed by atoms with Crippen molar-refractivity contribution in [3.8, 4) is 0 Å². The minimum absolute atomic E-state index is 0.0751. The van der Waals surface area contributed by atoms with Gasteiger partial charge in [0.2, 0.25) is 5.91 Å². The molecule has 2 atom stereocenters. The molecule has 7 nitrogen and oxygen atoms in total. The number of hydrogen-bond donors (Lipinski definition) is 1. The number of halogens is 1. The Morgan fingerprint density at radius 2 is 2.17 bits per heavy atom. The Morgan fingerprint density at radius 3 is 2.87 bits per heavy atom. The molecule has 1 amide bonds. The van der Waals surface area contributed by atoms with E-state index in [1.165, 1.54) is 6.20 Å². The smallest absolute Gasteiger partial charge is 0.242 e. The molecule has 1 aliphatic heterocycles. The minimum atomic E-state index is -0.245. The lowest BCUT2D eigenvalue weighted by atomic mass is 10.0. The van der Waals surface area contributed by atoms with Gasteiger partial charge in [0.1, 0.15) is 5.82 Å². The number of hydrogen-bond acceptors (Lipinski definition) is 5. The van der Waals surface area contributed by atoms with Crippen molar-refractivity contribution in [1.82, 2.24) is 24.9 Å². The molecule has 1 saturated heterocycles. The number of carbonyl (C=O) groups excluding carboxylic acids is 1. The van der Waals surface area contributed by atoms with E-state index in [1.54, 1.807) is 29.3 Å². The Bertz CT molecular complexity index is 644. The fourth-order valence-corrected chi connectivity index (χ4v) is 2.90. The Morgan fingerprint density at radius 1 is 1.39 bits per heavy atom. The van der Waals surface area contributed by atoms with Gasteiger partial charge in [-0.3, -0.25) is 9.69 Å². The van der Waals surface area contributed by atoms with Crippen LogP contribution in [0.15, 0.2) is 30.7 Å². The van der Waals surface area contributed by atoms with Crippen LogP contribution in [0, 0.1) is 0 Å². The molecule has 3 rings (SSSR count). The van der Waals surface area contributed by atoms with Crippen molar-refractivity contribution in [1.29, 1.82) is 0 Å². The van der Waals surface area contributed by atoms with Crippen LogP contribution in [0.1, 0.15) is 25.8 Å². The van der Waals surface area contributed by atoms with Crippen molar-refractivity contribution in [3.05, 3.63) is 35.7 Å². The lowest BCUT2D eigenvalue weighted by Gasteiger charge is -2.35. The fraction of sp³-hybridized carbons (Fsp3) is 0.467. The lowest BCUT2D eigenvalue weighted by Crippen LogP contribution is -2.47. The number of likely N-dealkylation sites (tertiary alicyclic amines) is 1. The number of anilines is 1. The Kier molecular flexibility index (Phi) is 4.88. The zero-order chi connectivity index (χ0) is 16.2. The monoisotopic (exact) mass is 334 g/mol. The number of carbonyl (C=O) groups is 1. The number of pyridine rings is 1. The van der Waals surface area contributed by atoms with Gasteiger partial charge in [0.15, 0.2) is 0 Å². The highest BCUT2D eigenvalue weighted by Crippen LogP contribution is 2.22. The van der Waals surface area contributed by atoms with Gasteiger partial charge >= 0.3 is 0 Å². The predicted molar refractivity (Wildman–Crippen MR) is 87.2 cm³/mol. The van der Waals surface area contributed by atoms with Crippen molar-refractivity contribution < 1.29 is 4.79 Å². The second-order valence-electron chi connectivity index (χ2n) is 5.67. The Balaban J connectivity index is 1.61. The molecule has 8 heteroatoms. The molecule has 0 aliphatic carbocycles. The first-order chi connectivity index (χ1) is 11.1. The summed E-state index contributed by atoms with van der Waals surface area (Å²) in [6.45, 7) is 3.56. The number of nitrogens with zero attached hydrogens (tertiary/aromatic N) is 5. The Labute approximate surface area is 139 Å². The molecule has 0 radical (unpaired) electrons. The summed E-state index contributed by atoms with van der Waals surface area (Å²) in [5.74, 6) is 0.433. The summed E-state index contributed by atoms with van der Waals surface area (Å²) in [6, 6.07) is 3.36. The summed E-state index contributed by atoms with van der Waals surface area (Å²) in [7, 11) is 0. The van der Waals surface area contributed by atoms with E-state index in [-0.39, 0.29) is 18.0 Å². The SMILES string of the molecule is C[C@@H](C(=O)Nc1ccc(Cl)cn1)N1CCC[C@@H](n2nccn2)C1. The molecule has 0 aromatic carbocycles. The fourth-order valence-electron chi connectivity index (χ4n) is 2.78. The topological polar surface area (TPSA) is 75.9 Å². The first-order valence-corrected chi connectivity index (χ1v) is 8.03.